The maximum absolute atomic E-state index is 12.2. The number of aromatic nitrogens is 2. The van der Waals surface area contributed by atoms with Crippen molar-refractivity contribution in [2.24, 2.45) is 0 Å². The summed E-state index contributed by atoms with van der Waals surface area (Å²) in [6.07, 6.45) is 5.51. The van der Waals surface area contributed by atoms with Crippen molar-refractivity contribution in [2.45, 2.75) is 25.2 Å². The molecule has 138 valence electrons. The van der Waals surface area contributed by atoms with Crippen LogP contribution in [0.4, 0.5) is 0 Å². The molecule has 0 saturated carbocycles. The van der Waals surface area contributed by atoms with Crippen LogP contribution in [0.3, 0.4) is 0 Å². The number of hydrogen-bond donors (Lipinski definition) is 0. The van der Waals surface area contributed by atoms with Crippen molar-refractivity contribution in [2.75, 3.05) is 26.1 Å². The van der Waals surface area contributed by atoms with Gasteiger partial charge in [0.05, 0.1) is 7.11 Å². The third-order valence-electron chi connectivity index (χ3n) is 4.43. The van der Waals surface area contributed by atoms with Gasteiger partial charge in [-0.3, -0.25) is 9.78 Å². The van der Waals surface area contributed by atoms with Crippen molar-refractivity contribution < 1.29 is 14.3 Å². The summed E-state index contributed by atoms with van der Waals surface area (Å²) < 4.78 is 11.1. The van der Waals surface area contributed by atoms with E-state index in [1.54, 1.807) is 19.5 Å². The van der Waals surface area contributed by atoms with Crippen molar-refractivity contribution in [1.29, 1.82) is 0 Å². The Hall–Kier alpha value is -2.34. The summed E-state index contributed by atoms with van der Waals surface area (Å²) in [6.45, 7) is 1.38. The Morgan fingerprint density at radius 3 is 2.69 bits per heavy atom. The number of hydrogen-bond acceptors (Lipinski definition) is 5. The molecule has 1 aliphatic rings. The van der Waals surface area contributed by atoms with Gasteiger partial charge >= 0.3 is 0 Å². The zero-order chi connectivity index (χ0) is 18.4. The lowest BCUT2D eigenvalue weighted by molar-refractivity contribution is -0.132. The molecule has 1 saturated heterocycles. The van der Waals surface area contributed by atoms with E-state index in [9.17, 15) is 4.79 Å². The number of nitrogens with zero attached hydrogens (tertiary/aromatic N) is 3. The standard InChI is InChI=1S/C19H22ClN3O3/c1-25-15-4-6-16(7-5-15)26-19-18(21-10-11-22-19)14-3-2-12-23(13-14)17(24)8-9-20/h4-7,10-11,14H,2-3,8-9,12-13H2,1H3. The first-order valence-corrected chi connectivity index (χ1v) is 9.21. The fraction of sp³-hybridized carbons (Fsp3) is 0.421. The Morgan fingerprint density at radius 2 is 1.96 bits per heavy atom. The van der Waals surface area contributed by atoms with Crippen LogP contribution in [0, 0.1) is 0 Å². The van der Waals surface area contributed by atoms with Crippen molar-refractivity contribution in [1.82, 2.24) is 14.9 Å². The van der Waals surface area contributed by atoms with Crippen molar-refractivity contribution in [3.05, 3.63) is 42.4 Å². The molecule has 0 spiro atoms. The summed E-state index contributed by atoms with van der Waals surface area (Å²) in [4.78, 5) is 22.9. The highest BCUT2D eigenvalue weighted by Crippen LogP contribution is 2.33. The summed E-state index contributed by atoms with van der Waals surface area (Å²) in [7, 11) is 1.62. The summed E-state index contributed by atoms with van der Waals surface area (Å²) in [6, 6.07) is 7.32. The minimum atomic E-state index is 0.0891. The fourth-order valence-corrected chi connectivity index (χ4v) is 3.28. The van der Waals surface area contributed by atoms with Gasteiger partial charge < -0.3 is 14.4 Å². The van der Waals surface area contributed by atoms with Crippen LogP contribution >= 0.6 is 11.6 Å². The van der Waals surface area contributed by atoms with Crippen molar-refractivity contribution in [3.63, 3.8) is 0 Å². The molecule has 1 aromatic heterocycles. The Labute approximate surface area is 158 Å². The molecule has 7 heteroatoms. The third-order valence-corrected chi connectivity index (χ3v) is 4.62. The lowest BCUT2D eigenvalue weighted by Gasteiger charge is -2.32. The first kappa shape index (κ1) is 18.5. The molecule has 1 aromatic carbocycles. The van der Waals surface area contributed by atoms with E-state index in [1.807, 2.05) is 29.2 Å². The van der Waals surface area contributed by atoms with Crippen molar-refractivity contribution in [3.8, 4) is 17.4 Å². The van der Waals surface area contributed by atoms with Crippen LogP contribution < -0.4 is 9.47 Å². The highest BCUT2D eigenvalue weighted by atomic mass is 35.5. The van der Waals surface area contributed by atoms with Crippen LogP contribution in [0.15, 0.2) is 36.7 Å². The molecule has 26 heavy (non-hydrogen) atoms. The molecule has 2 heterocycles. The molecule has 1 fully saturated rings. The second-order valence-electron chi connectivity index (χ2n) is 6.14. The van der Waals surface area contributed by atoms with Gasteiger partial charge in [0.15, 0.2) is 0 Å². The Morgan fingerprint density at radius 1 is 1.23 bits per heavy atom. The van der Waals surface area contributed by atoms with Crippen LogP contribution in [-0.4, -0.2) is 46.9 Å². The third kappa shape index (κ3) is 4.43. The van der Waals surface area contributed by atoms with Gasteiger partial charge in [-0.15, -0.1) is 11.6 Å². The predicted octanol–water partition coefficient (Wildman–Crippen LogP) is 3.61. The molecular formula is C19H22ClN3O3. The maximum atomic E-state index is 12.2. The monoisotopic (exact) mass is 375 g/mol. The molecule has 1 unspecified atom stereocenters. The van der Waals surface area contributed by atoms with Gasteiger partial charge in [0.25, 0.3) is 0 Å². The largest absolute Gasteiger partial charge is 0.497 e. The van der Waals surface area contributed by atoms with Crippen LogP contribution in [0.1, 0.15) is 30.9 Å². The quantitative estimate of drug-likeness (QED) is 0.721. The lowest BCUT2D eigenvalue weighted by atomic mass is 9.94. The molecule has 0 radical (unpaired) electrons. The van der Waals surface area contributed by atoms with E-state index in [0.717, 1.165) is 30.8 Å². The minimum Gasteiger partial charge on any atom is -0.497 e. The minimum absolute atomic E-state index is 0.0891. The van der Waals surface area contributed by atoms with Crippen LogP contribution in [0.5, 0.6) is 17.4 Å². The number of benzene rings is 1. The van der Waals surface area contributed by atoms with Gasteiger partial charge in [0.1, 0.15) is 17.2 Å². The number of amides is 1. The van der Waals surface area contributed by atoms with E-state index in [0.29, 0.717) is 30.5 Å². The molecule has 0 aliphatic carbocycles. The second kappa shape index (κ2) is 8.85. The number of ether oxygens (including phenoxy) is 2. The predicted molar refractivity (Wildman–Crippen MR) is 99.0 cm³/mol. The topological polar surface area (TPSA) is 64.6 Å². The van der Waals surface area contributed by atoms with Crippen LogP contribution in [0.2, 0.25) is 0 Å². The van der Waals surface area contributed by atoms with Gasteiger partial charge in [-0.2, -0.15) is 0 Å². The van der Waals surface area contributed by atoms with Crippen LogP contribution in [-0.2, 0) is 4.79 Å². The van der Waals surface area contributed by atoms with E-state index in [2.05, 4.69) is 9.97 Å². The Balaban J connectivity index is 1.76. The fourth-order valence-electron chi connectivity index (χ4n) is 3.12. The summed E-state index contributed by atoms with van der Waals surface area (Å²) in [5.41, 5.74) is 0.784. The first-order chi connectivity index (χ1) is 12.7. The number of rotatable bonds is 6. The van der Waals surface area contributed by atoms with Gasteiger partial charge in [-0.05, 0) is 37.1 Å². The number of carbonyl (C=O) groups is 1. The summed E-state index contributed by atoms with van der Waals surface area (Å²) in [5.74, 6) is 2.44. The molecule has 1 aliphatic heterocycles. The number of carbonyl (C=O) groups excluding carboxylic acids is 1. The van der Waals surface area contributed by atoms with E-state index >= 15 is 0 Å². The van der Waals surface area contributed by atoms with E-state index in [1.165, 1.54) is 0 Å². The maximum Gasteiger partial charge on any atom is 0.241 e. The zero-order valence-electron chi connectivity index (χ0n) is 14.7. The van der Waals surface area contributed by atoms with Gasteiger partial charge in [-0.25, -0.2) is 4.98 Å². The summed E-state index contributed by atoms with van der Waals surface area (Å²) in [5, 5.41) is 0. The molecule has 0 N–H and O–H groups in total. The molecule has 3 rings (SSSR count). The number of halogens is 1. The van der Waals surface area contributed by atoms with Crippen molar-refractivity contribution >= 4 is 17.5 Å². The highest BCUT2D eigenvalue weighted by Gasteiger charge is 2.28. The highest BCUT2D eigenvalue weighted by molar-refractivity contribution is 6.18. The Bertz CT molecular complexity index is 739. The summed E-state index contributed by atoms with van der Waals surface area (Å²) >= 11 is 5.71. The number of piperidine rings is 1. The molecule has 1 amide bonds. The normalized spacial score (nSPS) is 17.0. The average molecular weight is 376 g/mol. The molecular weight excluding hydrogens is 354 g/mol. The van der Waals surface area contributed by atoms with E-state index in [4.69, 9.17) is 21.1 Å². The number of methoxy groups -OCH3 is 1. The van der Waals surface area contributed by atoms with Gasteiger partial charge in [-0.1, -0.05) is 0 Å². The zero-order valence-corrected chi connectivity index (χ0v) is 15.5. The van der Waals surface area contributed by atoms with E-state index in [-0.39, 0.29) is 11.8 Å². The number of likely N-dealkylation sites (tertiary alicyclic amines) is 1. The SMILES string of the molecule is COc1ccc(Oc2nccnc2C2CCCN(C(=O)CCCl)C2)cc1. The second-order valence-corrected chi connectivity index (χ2v) is 6.52. The van der Waals surface area contributed by atoms with Gasteiger partial charge in [0.2, 0.25) is 11.8 Å². The van der Waals surface area contributed by atoms with E-state index < -0.39 is 0 Å². The first-order valence-electron chi connectivity index (χ1n) is 8.68. The van der Waals surface area contributed by atoms with Crippen LogP contribution in [0.25, 0.3) is 0 Å². The smallest absolute Gasteiger partial charge is 0.241 e. The molecule has 0 bridgehead atoms. The average Bonchev–Trinajstić information content (AvgIpc) is 2.69. The molecule has 6 nitrogen and oxygen atoms in total. The lowest BCUT2D eigenvalue weighted by Crippen LogP contribution is -2.39. The molecule has 2 aromatic rings. The molecule has 1 atom stereocenters. The van der Waals surface area contributed by atoms with Gasteiger partial charge in [0, 0.05) is 43.7 Å². The number of alkyl halides is 1. The Kier molecular flexibility index (Phi) is 6.28.